The van der Waals surface area contributed by atoms with Crippen LogP contribution < -0.4 is 15.0 Å². The Morgan fingerprint density at radius 2 is 1.79 bits per heavy atom. The predicted molar refractivity (Wildman–Crippen MR) is 114 cm³/mol. The highest BCUT2D eigenvalue weighted by molar-refractivity contribution is 5.99. The first-order chi connectivity index (χ1) is 15.7. The van der Waals surface area contributed by atoms with Gasteiger partial charge >= 0.3 is 12.3 Å². The average molecular weight is 457 g/mol. The fourth-order valence-electron chi connectivity index (χ4n) is 3.50. The van der Waals surface area contributed by atoms with E-state index in [1.54, 1.807) is 48.5 Å². The smallest absolute Gasteiger partial charge is 0.406 e. The van der Waals surface area contributed by atoms with Gasteiger partial charge < -0.3 is 15.2 Å². The minimum absolute atomic E-state index is 0.0477. The first-order valence-electron chi connectivity index (χ1n) is 9.88. The van der Waals surface area contributed by atoms with Crippen molar-refractivity contribution in [2.24, 2.45) is 0 Å². The van der Waals surface area contributed by atoms with Gasteiger partial charge in [-0.3, -0.25) is 9.69 Å². The summed E-state index contributed by atoms with van der Waals surface area (Å²) in [4.78, 5) is 28.0. The molecule has 2 N–H and O–H groups in total. The molecule has 0 bridgehead atoms. The average Bonchev–Trinajstić information content (AvgIpc) is 2.79. The van der Waals surface area contributed by atoms with Gasteiger partial charge in [0, 0.05) is 17.7 Å². The summed E-state index contributed by atoms with van der Waals surface area (Å²) in [5, 5.41) is 11.0. The number of ether oxygens (including phenoxy) is 1. The van der Waals surface area contributed by atoms with Gasteiger partial charge in [0.2, 0.25) is 5.88 Å². The van der Waals surface area contributed by atoms with Crippen LogP contribution in [0.3, 0.4) is 0 Å². The summed E-state index contributed by atoms with van der Waals surface area (Å²) < 4.78 is 44.8. The molecular weight excluding hydrogens is 439 g/mol. The molecule has 0 radical (unpaired) electrons. The Morgan fingerprint density at radius 3 is 2.42 bits per heavy atom. The minimum Gasteiger partial charge on any atom is -0.466 e. The van der Waals surface area contributed by atoms with E-state index in [4.69, 9.17) is 9.84 Å². The van der Waals surface area contributed by atoms with Crippen molar-refractivity contribution < 1.29 is 32.6 Å². The molecule has 0 fully saturated rings. The highest BCUT2D eigenvalue weighted by atomic mass is 19.4. The maximum atomic E-state index is 13.1. The SMILES string of the molecule is O=C(O)NCc1ccc(-c2nc3c(cc2-c2ccccc2)N(CC(F)(F)F)C(=O)CO3)cc1. The molecule has 10 heteroatoms. The molecular formula is C23H18F3N3O4. The number of hydrogen-bond acceptors (Lipinski definition) is 4. The lowest BCUT2D eigenvalue weighted by atomic mass is 9.97. The molecule has 33 heavy (non-hydrogen) atoms. The number of aromatic nitrogens is 1. The van der Waals surface area contributed by atoms with Crippen LogP contribution in [-0.4, -0.2) is 41.4 Å². The highest BCUT2D eigenvalue weighted by Crippen LogP contribution is 2.41. The van der Waals surface area contributed by atoms with Crippen molar-refractivity contribution in [1.29, 1.82) is 0 Å². The Balaban J connectivity index is 1.81. The zero-order chi connectivity index (χ0) is 23.6. The fraction of sp³-hybridized carbons (Fsp3) is 0.174. The first-order valence-corrected chi connectivity index (χ1v) is 9.88. The topological polar surface area (TPSA) is 91.8 Å². The van der Waals surface area contributed by atoms with E-state index in [9.17, 15) is 22.8 Å². The second-order valence-electron chi connectivity index (χ2n) is 7.31. The summed E-state index contributed by atoms with van der Waals surface area (Å²) in [5.41, 5.74) is 3.00. The molecule has 3 aromatic rings. The number of carboxylic acid groups (broad SMARTS) is 1. The molecule has 1 aliphatic heterocycles. The van der Waals surface area contributed by atoms with E-state index in [0.717, 1.165) is 5.56 Å². The minimum atomic E-state index is -4.59. The second-order valence-corrected chi connectivity index (χ2v) is 7.31. The summed E-state index contributed by atoms with van der Waals surface area (Å²) in [6.07, 6.45) is -5.73. The third-order valence-corrected chi connectivity index (χ3v) is 4.99. The predicted octanol–water partition coefficient (Wildman–Crippen LogP) is 4.47. The van der Waals surface area contributed by atoms with Crippen molar-refractivity contribution in [3.8, 4) is 28.3 Å². The zero-order valence-electron chi connectivity index (χ0n) is 17.1. The standard InChI is InChI=1S/C23H18F3N3O4/c24-23(25,26)13-29-18-10-17(15-4-2-1-3-5-15)20(28-21(18)33-12-19(29)30)16-8-6-14(7-9-16)11-27-22(31)32/h1-10,27H,11-13H2,(H,31,32). The lowest BCUT2D eigenvalue weighted by Gasteiger charge is -2.30. The number of amides is 2. The lowest BCUT2D eigenvalue weighted by Crippen LogP contribution is -2.44. The molecule has 2 amide bonds. The Morgan fingerprint density at radius 1 is 1.09 bits per heavy atom. The zero-order valence-corrected chi connectivity index (χ0v) is 17.1. The number of pyridine rings is 1. The first kappa shape index (κ1) is 22.1. The van der Waals surface area contributed by atoms with Gasteiger partial charge in [0.15, 0.2) is 6.61 Å². The fourth-order valence-corrected chi connectivity index (χ4v) is 3.50. The van der Waals surface area contributed by atoms with Crippen LogP contribution in [0.25, 0.3) is 22.4 Å². The number of anilines is 1. The van der Waals surface area contributed by atoms with Crippen molar-refractivity contribution in [1.82, 2.24) is 10.3 Å². The van der Waals surface area contributed by atoms with E-state index >= 15 is 0 Å². The number of hydrogen-bond donors (Lipinski definition) is 2. The van der Waals surface area contributed by atoms with Gasteiger partial charge in [0.05, 0.1) is 5.69 Å². The summed E-state index contributed by atoms with van der Waals surface area (Å²) in [6, 6.07) is 17.4. The van der Waals surface area contributed by atoms with Crippen LogP contribution in [0, 0.1) is 0 Å². The van der Waals surface area contributed by atoms with Gasteiger partial charge in [-0.05, 0) is 17.2 Å². The quantitative estimate of drug-likeness (QED) is 0.590. The van der Waals surface area contributed by atoms with Crippen LogP contribution in [0.5, 0.6) is 5.88 Å². The largest absolute Gasteiger partial charge is 0.466 e. The van der Waals surface area contributed by atoms with E-state index in [2.05, 4.69) is 10.3 Å². The number of fused-ring (bicyclic) bond motifs is 1. The third kappa shape index (κ3) is 5.05. The van der Waals surface area contributed by atoms with Crippen LogP contribution in [0.2, 0.25) is 0 Å². The summed E-state index contributed by atoms with van der Waals surface area (Å²) in [6.45, 7) is -1.86. The number of nitrogens with one attached hydrogen (secondary N) is 1. The normalized spacial score (nSPS) is 13.3. The van der Waals surface area contributed by atoms with Gasteiger partial charge in [0.25, 0.3) is 5.91 Å². The molecule has 4 rings (SSSR count). The molecule has 1 aromatic heterocycles. The molecule has 170 valence electrons. The number of carbonyl (C=O) groups excluding carboxylic acids is 1. The van der Waals surface area contributed by atoms with Crippen molar-refractivity contribution >= 4 is 17.7 Å². The monoisotopic (exact) mass is 457 g/mol. The van der Waals surface area contributed by atoms with E-state index in [-0.39, 0.29) is 18.1 Å². The molecule has 0 spiro atoms. The Bertz CT molecular complexity index is 1180. The Hall–Kier alpha value is -4.08. The van der Waals surface area contributed by atoms with Crippen LogP contribution in [0.4, 0.5) is 23.7 Å². The number of alkyl halides is 3. The lowest BCUT2D eigenvalue weighted by molar-refractivity contribution is -0.134. The molecule has 0 atom stereocenters. The molecule has 2 aromatic carbocycles. The van der Waals surface area contributed by atoms with E-state index in [1.807, 2.05) is 6.07 Å². The molecule has 2 heterocycles. The Kier molecular flexibility index (Phi) is 5.91. The number of nitrogens with zero attached hydrogens (tertiary/aromatic N) is 2. The summed E-state index contributed by atoms with van der Waals surface area (Å²) >= 11 is 0. The second kappa shape index (κ2) is 8.81. The van der Waals surface area contributed by atoms with Gasteiger partial charge in [-0.1, -0.05) is 54.6 Å². The van der Waals surface area contributed by atoms with Crippen LogP contribution in [0.1, 0.15) is 5.56 Å². The van der Waals surface area contributed by atoms with Gasteiger partial charge in [-0.25, -0.2) is 9.78 Å². The number of rotatable bonds is 5. The van der Waals surface area contributed by atoms with E-state index in [1.165, 1.54) is 6.07 Å². The number of benzene rings is 2. The van der Waals surface area contributed by atoms with E-state index < -0.39 is 31.3 Å². The summed E-state index contributed by atoms with van der Waals surface area (Å²) in [7, 11) is 0. The Labute approximate surface area is 186 Å². The highest BCUT2D eigenvalue weighted by Gasteiger charge is 2.38. The van der Waals surface area contributed by atoms with Crippen LogP contribution in [0.15, 0.2) is 60.7 Å². The maximum Gasteiger partial charge on any atom is 0.406 e. The van der Waals surface area contributed by atoms with Crippen LogP contribution in [-0.2, 0) is 11.3 Å². The molecule has 0 saturated carbocycles. The van der Waals surface area contributed by atoms with Gasteiger partial charge in [-0.2, -0.15) is 13.2 Å². The van der Waals surface area contributed by atoms with E-state index in [0.29, 0.717) is 27.3 Å². The van der Waals surface area contributed by atoms with Crippen molar-refractivity contribution in [2.45, 2.75) is 12.7 Å². The molecule has 0 unspecified atom stereocenters. The van der Waals surface area contributed by atoms with Crippen molar-refractivity contribution in [2.75, 3.05) is 18.1 Å². The third-order valence-electron chi connectivity index (χ3n) is 4.99. The van der Waals surface area contributed by atoms with Crippen molar-refractivity contribution in [3.63, 3.8) is 0 Å². The number of halogens is 3. The van der Waals surface area contributed by atoms with Crippen LogP contribution >= 0.6 is 0 Å². The molecule has 7 nitrogen and oxygen atoms in total. The molecule has 0 saturated heterocycles. The van der Waals surface area contributed by atoms with Crippen molar-refractivity contribution in [3.05, 3.63) is 66.2 Å². The summed E-state index contributed by atoms with van der Waals surface area (Å²) in [5.74, 6) is -0.867. The van der Waals surface area contributed by atoms with Gasteiger partial charge in [0.1, 0.15) is 12.2 Å². The number of carbonyl (C=O) groups is 2. The molecule has 1 aliphatic rings. The molecule has 0 aliphatic carbocycles. The maximum absolute atomic E-state index is 13.1. The van der Waals surface area contributed by atoms with Gasteiger partial charge in [-0.15, -0.1) is 0 Å².